The highest BCUT2D eigenvalue weighted by Crippen LogP contribution is 2.55. The minimum atomic E-state index is 0.0269. The van der Waals surface area contributed by atoms with Crippen LogP contribution in [0.2, 0.25) is 0 Å². The van der Waals surface area contributed by atoms with E-state index < -0.39 is 0 Å². The largest absolute Gasteiger partial charge is 0.454 e. The first-order chi connectivity index (χ1) is 15.3. The minimum Gasteiger partial charge on any atom is -0.454 e. The average Bonchev–Trinajstić information content (AvgIpc) is 3.47. The zero-order chi connectivity index (χ0) is 20.5. The van der Waals surface area contributed by atoms with Gasteiger partial charge in [-0.25, -0.2) is 0 Å². The zero-order valence-electron chi connectivity index (χ0n) is 17.2. The second kappa shape index (κ2) is 6.42. The van der Waals surface area contributed by atoms with Gasteiger partial charge in [0, 0.05) is 36.7 Å². The number of nitrogens with zero attached hydrogens (tertiary/aromatic N) is 2. The lowest BCUT2D eigenvalue weighted by molar-refractivity contribution is 0.0156. The highest BCUT2D eigenvalue weighted by molar-refractivity contribution is 6.05. The number of anilines is 1. The van der Waals surface area contributed by atoms with Gasteiger partial charge in [0.2, 0.25) is 13.6 Å². The first-order valence-corrected chi connectivity index (χ1v) is 10.6. The number of morpholine rings is 1. The molecule has 0 amide bonds. The molecule has 4 aliphatic heterocycles. The van der Waals surface area contributed by atoms with Crippen LogP contribution in [0.15, 0.2) is 36.4 Å². The van der Waals surface area contributed by atoms with Crippen LogP contribution < -0.4 is 23.8 Å². The third-order valence-corrected chi connectivity index (χ3v) is 6.72. The van der Waals surface area contributed by atoms with E-state index in [1.54, 1.807) is 0 Å². The van der Waals surface area contributed by atoms with Gasteiger partial charge >= 0.3 is 0 Å². The summed E-state index contributed by atoms with van der Waals surface area (Å²) in [5, 5.41) is 2.30. The highest BCUT2D eigenvalue weighted by atomic mass is 16.7. The average molecular weight is 418 g/mol. The van der Waals surface area contributed by atoms with E-state index in [-0.39, 0.29) is 19.8 Å². The predicted octanol–water partition coefficient (Wildman–Crippen LogP) is 3.74. The van der Waals surface area contributed by atoms with Crippen molar-refractivity contribution < 1.29 is 23.7 Å². The molecule has 4 aliphatic rings. The summed E-state index contributed by atoms with van der Waals surface area (Å²) in [5.41, 5.74) is 4.74. The molecule has 3 aromatic carbocycles. The summed E-state index contributed by atoms with van der Waals surface area (Å²) in [6.07, 6.45) is 0.0269. The molecule has 0 aromatic heterocycles. The number of benzene rings is 3. The molecule has 0 N–H and O–H groups in total. The van der Waals surface area contributed by atoms with Crippen LogP contribution >= 0.6 is 0 Å². The molecule has 7 heteroatoms. The van der Waals surface area contributed by atoms with E-state index in [2.05, 4.69) is 47.2 Å². The molecular formula is C24H22N2O5. The van der Waals surface area contributed by atoms with E-state index in [0.29, 0.717) is 0 Å². The molecule has 0 radical (unpaired) electrons. The van der Waals surface area contributed by atoms with Crippen LogP contribution in [0.25, 0.3) is 21.9 Å². The maximum Gasteiger partial charge on any atom is 0.231 e. The van der Waals surface area contributed by atoms with Gasteiger partial charge in [-0.2, -0.15) is 0 Å². The molecule has 158 valence electrons. The summed E-state index contributed by atoms with van der Waals surface area (Å²) in [6, 6.07) is 12.7. The van der Waals surface area contributed by atoms with Crippen LogP contribution in [0.3, 0.4) is 0 Å². The minimum absolute atomic E-state index is 0.0269. The Labute approximate surface area is 179 Å². The number of rotatable bonds is 1. The van der Waals surface area contributed by atoms with Crippen molar-refractivity contribution in [3.63, 3.8) is 0 Å². The van der Waals surface area contributed by atoms with Crippen LogP contribution in [0.4, 0.5) is 5.69 Å². The highest BCUT2D eigenvalue weighted by Gasteiger charge is 2.39. The molecule has 0 aliphatic carbocycles. The molecule has 7 nitrogen and oxygen atoms in total. The Morgan fingerprint density at radius 1 is 0.806 bits per heavy atom. The Bertz CT molecular complexity index is 1220. The van der Waals surface area contributed by atoms with Crippen molar-refractivity contribution in [1.82, 2.24) is 4.90 Å². The van der Waals surface area contributed by atoms with Crippen LogP contribution in [-0.2, 0) is 4.74 Å². The molecule has 7 rings (SSSR count). The van der Waals surface area contributed by atoms with Crippen molar-refractivity contribution in [1.29, 1.82) is 0 Å². The maximum atomic E-state index is 5.99. The topological polar surface area (TPSA) is 52.6 Å². The van der Waals surface area contributed by atoms with Crippen molar-refractivity contribution in [2.45, 2.75) is 6.17 Å². The van der Waals surface area contributed by atoms with E-state index in [1.807, 2.05) is 6.07 Å². The fourth-order valence-corrected chi connectivity index (χ4v) is 5.35. The standard InChI is InChI=1S/C24H22N2O5/c1-25-22-16(3-2-14-10-19-20(11-17(14)22)30-12-29-19)15-4-5-18-23(31-13-28-18)21(15)24(25)26-6-8-27-9-7-26/h2-5,10-11,24H,6-9,12-13H2,1H3. The van der Waals surface area contributed by atoms with Gasteiger partial charge in [0.15, 0.2) is 23.0 Å². The van der Waals surface area contributed by atoms with Gasteiger partial charge in [0.05, 0.1) is 18.9 Å². The van der Waals surface area contributed by atoms with Gasteiger partial charge in [-0.1, -0.05) is 12.1 Å². The SMILES string of the molecule is CN1c2c(ccc3cc4c(cc23)OCO4)-c2ccc3c(c2C1N1CCOCC1)OCO3. The van der Waals surface area contributed by atoms with E-state index in [1.165, 1.54) is 22.4 Å². The number of hydrogen-bond acceptors (Lipinski definition) is 7. The molecule has 0 spiro atoms. The molecule has 3 aromatic rings. The molecule has 31 heavy (non-hydrogen) atoms. The predicted molar refractivity (Wildman–Crippen MR) is 115 cm³/mol. The summed E-state index contributed by atoms with van der Waals surface area (Å²) in [6.45, 7) is 3.73. The summed E-state index contributed by atoms with van der Waals surface area (Å²) >= 11 is 0. The Balaban J connectivity index is 1.51. The van der Waals surface area contributed by atoms with Gasteiger partial charge in [0.25, 0.3) is 0 Å². The van der Waals surface area contributed by atoms with E-state index in [4.69, 9.17) is 23.7 Å². The third kappa shape index (κ3) is 2.41. The van der Waals surface area contributed by atoms with Crippen molar-refractivity contribution in [3.05, 3.63) is 42.0 Å². The molecule has 1 fully saturated rings. The molecule has 1 unspecified atom stereocenters. The fourth-order valence-electron chi connectivity index (χ4n) is 5.35. The lowest BCUT2D eigenvalue weighted by atomic mass is 9.87. The zero-order valence-corrected chi connectivity index (χ0v) is 17.2. The van der Waals surface area contributed by atoms with Crippen LogP contribution in [0, 0.1) is 0 Å². The van der Waals surface area contributed by atoms with Crippen molar-refractivity contribution in [2.24, 2.45) is 0 Å². The quantitative estimate of drug-likeness (QED) is 0.597. The first kappa shape index (κ1) is 17.5. The summed E-state index contributed by atoms with van der Waals surface area (Å²) in [4.78, 5) is 4.84. The second-order valence-corrected chi connectivity index (χ2v) is 8.28. The van der Waals surface area contributed by atoms with E-state index >= 15 is 0 Å². The number of fused-ring (bicyclic) bond motifs is 8. The van der Waals surface area contributed by atoms with Gasteiger partial charge in [0.1, 0.15) is 6.17 Å². The lowest BCUT2D eigenvalue weighted by Gasteiger charge is -2.45. The van der Waals surface area contributed by atoms with Crippen LogP contribution in [0.5, 0.6) is 23.0 Å². The Hall–Kier alpha value is -3.16. The van der Waals surface area contributed by atoms with Gasteiger partial charge in [-0.15, -0.1) is 0 Å². The van der Waals surface area contributed by atoms with Crippen molar-refractivity contribution in [2.75, 3.05) is 51.8 Å². The summed E-state index contributed by atoms with van der Waals surface area (Å²) < 4.78 is 28.7. The number of ether oxygens (including phenoxy) is 5. The Kier molecular flexibility index (Phi) is 3.63. The summed E-state index contributed by atoms with van der Waals surface area (Å²) in [5.74, 6) is 3.28. The molecule has 0 saturated carbocycles. The molecule has 1 saturated heterocycles. The van der Waals surface area contributed by atoms with Gasteiger partial charge in [-0.3, -0.25) is 4.90 Å². The normalized spacial score (nSPS) is 21.3. The van der Waals surface area contributed by atoms with Crippen molar-refractivity contribution >= 4 is 16.5 Å². The van der Waals surface area contributed by atoms with Crippen LogP contribution in [0.1, 0.15) is 11.7 Å². The molecular weight excluding hydrogens is 396 g/mol. The van der Waals surface area contributed by atoms with Crippen molar-refractivity contribution in [3.8, 4) is 34.1 Å². The molecule has 0 bridgehead atoms. The summed E-state index contributed by atoms with van der Waals surface area (Å²) in [7, 11) is 2.17. The van der Waals surface area contributed by atoms with Gasteiger partial charge < -0.3 is 28.6 Å². The monoisotopic (exact) mass is 418 g/mol. The van der Waals surface area contributed by atoms with Crippen LogP contribution in [-0.4, -0.2) is 51.8 Å². The molecule has 4 heterocycles. The lowest BCUT2D eigenvalue weighted by Crippen LogP contribution is -2.47. The fraction of sp³-hybridized carbons (Fsp3) is 0.333. The Morgan fingerprint density at radius 2 is 1.55 bits per heavy atom. The maximum absolute atomic E-state index is 5.99. The first-order valence-electron chi connectivity index (χ1n) is 10.6. The van der Waals surface area contributed by atoms with Gasteiger partial charge in [-0.05, 0) is 35.2 Å². The van der Waals surface area contributed by atoms with E-state index in [9.17, 15) is 0 Å². The second-order valence-electron chi connectivity index (χ2n) is 8.28. The number of hydrogen-bond donors (Lipinski definition) is 0. The molecule has 1 atom stereocenters. The third-order valence-electron chi connectivity index (χ3n) is 6.72. The Morgan fingerprint density at radius 3 is 2.42 bits per heavy atom. The smallest absolute Gasteiger partial charge is 0.231 e. The van der Waals surface area contributed by atoms with E-state index in [0.717, 1.165) is 60.1 Å².